The smallest absolute Gasteiger partial charge is 0.245 e. The van der Waals surface area contributed by atoms with E-state index in [-0.39, 0.29) is 5.91 Å². The molecule has 2 aromatic rings. The number of hydrogen-bond donors (Lipinski definition) is 0. The van der Waals surface area contributed by atoms with Gasteiger partial charge in [0.05, 0.1) is 0 Å². The van der Waals surface area contributed by atoms with Gasteiger partial charge in [0.1, 0.15) is 5.38 Å². The molecule has 3 heteroatoms. The molecular formula is C18H20ClNO. The lowest BCUT2D eigenvalue weighted by Crippen LogP contribution is -2.35. The number of alkyl halides is 1. The van der Waals surface area contributed by atoms with Crippen LogP contribution in [-0.2, 0) is 11.2 Å². The Bertz CT molecular complexity index is 556. The molecule has 1 atom stereocenters. The van der Waals surface area contributed by atoms with Crippen LogP contribution in [0, 0.1) is 0 Å². The van der Waals surface area contributed by atoms with E-state index in [2.05, 4.69) is 12.1 Å². The van der Waals surface area contributed by atoms with Gasteiger partial charge in [-0.1, -0.05) is 60.7 Å². The van der Waals surface area contributed by atoms with Gasteiger partial charge < -0.3 is 4.90 Å². The number of rotatable bonds is 6. The van der Waals surface area contributed by atoms with Crippen LogP contribution in [0.5, 0.6) is 0 Å². The number of halogens is 1. The van der Waals surface area contributed by atoms with Crippen molar-refractivity contribution in [2.45, 2.75) is 18.7 Å². The highest BCUT2D eigenvalue weighted by atomic mass is 35.5. The minimum absolute atomic E-state index is 0.0266. The summed E-state index contributed by atoms with van der Waals surface area (Å²) in [4.78, 5) is 14.3. The van der Waals surface area contributed by atoms with Crippen LogP contribution >= 0.6 is 11.6 Å². The van der Waals surface area contributed by atoms with Crippen LogP contribution in [0.4, 0.5) is 0 Å². The zero-order valence-corrected chi connectivity index (χ0v) is 13.0. The molecule has 0 saturated heterocycles. The minimum atomic E-state index is -0.609. The monoisotopic (exact) mass is 301 g/mol. The number of benzene rings is 2. The molecule has 0 aliphatic rings. The van der Waals surface area contributed by atoms with Crippen molar-refractivity contribution in [3.05, 3.63) is 71.8 Å². The van der Waals surface area contributed by atoms with Crippen LogP contribution in [-0.4, -0.2) is 23.9 Å². The average molecular weight is 302 g/mol. The van der Waals surface area contributed by atoms with E-state index in [4.69, 9.17) is 11.6 Å². The first-order valence-corrected chi connectivity index (χ1v) is 7.67. The molecule has 0 radical (unpaired) electrons. The summed E-state index contributed by atoms with van der Waals surface area (Å²) < 4.78 is 0. The topological polar surface area (TPSA) is 20.3 Å². The molecule has 0 aromatic heterocycles. The Morgan fingerprint density at radius 2 is 1.62 bits per heavy atom. The summed E-state index contributed by atoms with van der Waals surface area (Å²) in [6, 6.07) is 19.7. The molecule has 21 heavy (non-hydrogen) atoms. The van der Waals surface area contributed by atoms with E-state index in [0.29, 0.717) is 13.1 Å². The van der Waals surface area contributed by atoms with Gasteiger partial charge in [-0.3, -0.25) is 4.79 Å². The molecule has 0 N–H and O–H groups in total. The standard InChI is InChI=1S/C18H20ClNO/c1-2-20(14-13-15-9-5-3-6-10-15)18(21)17(19)16-11-7-4-8-12-16/h3-12,17H,2,13-14H2,1H3. The second-order valence-electron chi connectivity index (χ2n) is 4.93. The average Bonchev–Trinajstić information content (AvgIpc) is 2.56. The highest BCUT2D eigenvalue weighted by Gasteiger charge is 2.22. The lowest BCUT2D eigenvalue weighted by Gasteiger charge is -2.23. The van der Waals surface area contributed by atoms with Gasteiger partial charge in [-0.25, -0.2) is 0 Å². The summed E-state index contributed by atoms with van der Waals surface area (Å²) in [5.41, 5.74) is 2.08. The molecule has 2 nitrogen and oxygen atoms in total. The molecule has 0 spiro atoms. The van der Waals surface area contributed by atoms with Crippen molar-refractivity contribution in [3.8, 4) is 0 Å². The van der Waals surface area contributed by atoms with Crippen molar-refractivity contribution in [2.24, 2.45) is 0 Å². The van der Waals surface area contributed by atoms with Gasteiger partial charge in [-0.15, -0.1) is 11.6 Å². The Kier molecular flexibility index (Phi) is 5.82. The Labute approximate surface area is 131 Å². The molecule has 0 aliphatic carbocycles. The van der Waals surface area contributed by atoms with Gasteiger partial charge in [0.25, 0.3) is 0 Å². The van der Waals surface area contributed by atoms with Crippen molar-refractivity contribution in [2.75, 3.05) is 13.1 Å². The van der Waals surface area contributed by atoms with Gasteiger partial charge in [-0.05, 0) is 24.5 Å². The van der Waals surface area contributed by atoms with E-state index < -0.39 is 5.38 Å². The van der Waals surface area contributed by atoms with Crippen LogP contribution in [0.15, 0.2) is 60.7 Å². The van der Waals surface area contributed by atoms with E-state index in [9.17, 15) is 4.79 Å². The fraction of sp³-hybridized carbons (Fsp3) is 0.278. The molecule has 0 bridgehead atoms. The highest BCUT2D eigenvalue weighted by molar-refractivity contribution is 6.30. The minimum Gasteiger partial charge on any atom is -0.341 e. The third kappa shape index (κ3) is 4.33. The zero-order valence-electron chi connectivity index (χ0n) is 12.2. The normalized spacial score (nSPS) is 11.9. The first-order chi connectivity index (χ1) is 10.2. The maximum Gasteiger partial charge on any atom is 0.245 e. The molecule has 0 heterocycles. The number of amides is 1. The second-order valence-corrected chi connectivity index (χ2v) is 5.36. The lowest BCUT2D eigenvalue weighted by atomic mass is 10.1. The predicted octanol–water partition coefficient (Wildman–Crippen LogP) is 4.06. The maximum absolute atomic E-state index is 12.5. The quantitative estimate of drug-likeness (QED) is 0.737. The Balaban J connectivity index is 1.98. The molecule has 0 aliphatic heterocycles. The maximum atomic E-state index is 12.5. The van der Waals surface area contributed by atoms with Gasteiger partial charge >= 0.3 is 0 Å². The number of carbonyl (C=O) groups excluding carboxylic acids is 1. The Morgan fingerprint density at radius 1 is 1.05 bits per heavy atom. The molecule has 1 amide bonds. The Hall–Kier alpha value is -1.80. The predicted molar refractivity (Wildman–Crippen MR) is 87.4 cm³/mol. The third-order valence-electron chi connectivity index (χ3n) is 3.52. The summed E-state index contributed by atoms with van der Waals surface area (Å²) in [7, 11) is 0. The number of nitrogens with zero attached hydrogens (tertiary/aromatic N) is 1. The number of likely N-dealkylation sites (N-methyl/N-ethyl adjacent to an activating group) is 1. The van der Waals surface area contributed by atoms with E-state index in [0.717, 1.165) is 12.0 Å². The van der Waals surface area contributed by atoms with Crippen molar-refractivity contribution in [1.29, 1.82) is 0 Å². The van der Waals surface area contributed by atoms with Crippen molar-refractivity contribution in [1.82, 2.24) is 4.90 Å². The summed E-state index contributed by atoms with van der Waals surface area (Å²) in [6.07, 6.45) is 0.846. The van der Waals surface area contributed by atoms with Crippen LogP contribution < -0.4 is 0 Å². The molecule has 0 saturated carbocycles. The molecule has 2 aromatic carbocycles. The molecule has 1 unspecified atom stereocenters. The van der Waals surface area contributed by atoms with Crippen LogP contribution in [0.3, 0.4) is 0 Å². The molecular weight excluding hydrogens is 282 g/mol. The fourth-order valence-corrected chi connectivity index (χ4v) is 2.54. The summed E-state index contributed by atoms with van der Waals surface area (Å²) in [6.45, 7) is 3.34. The zero-order chi connectivity index (χ0) is 15.1. The highest BCUT2D eigenvalue weighted by Crippen LogP contribution is 2.22. The second kappa shape index (κ2) is 7.84. The van der Waals surface area contributed by atoms with Crippen molar-refractivity contribution >= 4 is 17.5 Å². The van der Waals surface area contributed by atoms with E-state index in [1.54, 1.807) is 0 Å². The van der Waals surface area contributed by atoms with Crippen LogP contribution in [0.25, 0.3) is 0 Å². The van der Waals surface area contributed by atoms with Crippen LogP contribution in [0.2, 0.25) is 0 Å². The van der Waals surface area contributed by atoms with Crippen molar-refractivity contribution in [3.63, 3.8) is 0 Å². The Morgan fingerprint density at radius 3 is 2.19 bits per heavy atom. The van der Waals surface area contributed by atoms with E-state index >= 15 is 0 Å². The molecule has 0 fully saturated rings. The third-order valence-corrected chi connectivity index (χ3v) is 3.95. The number of carbonyl (C=O) groups is 1. The van der Waals surface area contributed by atoms with Gasteiger partial charge in [0.15, 0.2) is 0 Å². The van der Waals surface area contributed by atoms with E-state index in [1.807, 2.05) is 60.4 Å². The van der Waals surface area contributed by atoms with Crippen molar-refractivity contribution < 1.29 is 4.79 Å². The summed E-state index contributed by atoms with van der Waals surface area (Å²) in [5, 5.41) is -0.609. The summed E-state index contributed by atoms with van der Waals surface area (Å²) in [5.74, 6) is -0.0266. The first kappa shape index (κ1) is 15.6. The van der Waals surface area contributed by atoms with Gasteiger partial charge in [0, 0.05) is 13.1 Å². The molecule has 2 rings (SSSR count). The van der Waals surface area contributed by atoms with E-state index in [1.165, 1.54) is 5.56 Å². The number of hydrogen-bond acceptors (Lipinski definition) is 1. The largest absolute Gasteiger partial charge is 0.341 e. The fourth-order valence-electron chi connectivity index (χ4n) is 2.26. The molecule has 110 valence electrons. The van der Waals surface area contributed by atoms with Gasteiger partial charge in [0.2, 0.25) is 5.91 Å². The van der Waals surface area contributed by atoms with Crippen LogP contribution in [0.1, 0.15) is 23.4 Å². The SMILES string of the molecule is CCN(CCc1ccccc1)C(=O)C(Cl)c1ccccc1. The summed E-state index contributed by atoms with van der Waals surface area (Å²) >= 11 is 6.32. The lowest BCUT2D eigenvalue weighted by molar-refractivity contribution is -0.130. The van der Waals surface area contributed by atoms with Gasteiger partial charge in [-0.2, -0.15) is 0 Å². The first-order valence-electron chi connectivity index (χ1n) is 7.24.